The molecule has 0 saturated carbocycles. The van der Waals surface area contributed by atoms with Crippen molar-refractivity contribution in [3.8, 4) is 0 Å². The first-order chi connectivity index (χ1) is 14.0. The van der Waals surface area contributed by atoms with Gasteiger partial charge in [0.05, 0.1) is 20.8 Å². The largest absolute Gasteiger partial charge is 0.467 e. The molecule has 0 aromatic heterocycles. The fourth-order valence-corrected chi connectivity index (χ4v) is 3.55. The Hall–Kier alpha value is -2.84. The van der Waals surface area contributed by atoms with Crippen molar-refractivity contribution in [1.29, 1.82) is 0 Å². The molecule has 0 bridgehead atoms. The highest BCUT2D eigenvalue weighted by Crippen LogP contribution is 2.24. The van der Waals surface area contributed by atoms with Gasteiger partial charge in [-0.15, -0.1) is 11.8 Å². The van der Waals surface area contributed by atoms with Crippen LogP contribution in [0.3, 0.4) is 0 Å². The van der Waals surface area contributed by atoms with Gasteiger partial charge >= 0.3 is 11.9 Å². The van der Waals surface area contributed by atoms with Crippen LogP contribution in [0.2, 0.25) is 0 Å². The van der Waals surface area contributed by atoms with Crippen LogP contribution < -0.4 is 5.32 Å². The van der Waals surface area contributed by atoms with Gasteiger partial charge in [-0.25, -0.2) is 9.59 Å². The summed E-state index contributed by atoms with van der Waals surface area (Å²) in [5, 5.41) is 2.45. The van der Waals surface area contributed by atoms with Crippen LogP contribution in [-0.4, -0.2) is 50.0 Å². The molecule has 1 N–H and O–H groups in total. The lowest BCUT2D eigenvalue weighted by atomic mass is 10.0. The van der Waals surface area contributed by atoms with E-state index in [0.717, 1.165) is 24.7 Å². The molecular formula is C21H23NO6S. The van der Waals surface area contributed by atoms with E-state index in [1.54, 1.807) is 0 Å². The van der Waals surface area contributed by atoms with Gasteiger partial charge in [0.1, 0.15) is 6.61 Å². The van der Waals surface area contributed by atoms with Crippen LogP contribution in [0.15, 0.2) is 65.6 Å². The quantitative estimate of drug-likeness (QED) is 0.360. The van der Waals surface area contributed by atoms with E-state index in [1.165, 1.54) is 11.8 Å². The molecule has 0 aliphatic heterocycles. The van der Waals surface area contributed by atoms with E-state index in [-0.39, 0.29) is 19.0 Å². The number of benzene rings is 2. The van der Waals surface area contributed by atoms with E-state index in [1.807, 2.05) is 60.7 Å². The Morgan fingerprint density at radius 2 is 1.45 bits per heavy atom. The summed E-state index contributed by atoms with van der Waals surface area (Å²) >= 11 is 1.22. The number of thioether (sulfide) groups is 1. The molecule has 0 fully saturated rings. The van der Waals surface area contributed by atoms with Crippen LogP contribution >= 0.6 is 11.8 Å². The van der Waals surface area contributed by atoms with Gasteiger partial charge in [0.15, 0.2) is 0 Å². The average Bonchev–Trinajstić information content (AvgIpc) is 2.77. The monoisotopic (exact) mass is 417 g/mol. The van der Waals surface area contributed by atoms with Crippen LogP contribution in [0.4, 0.5) is 0 Å². The maximum Gasteiger partial charge on any atom is 0.344 e. The third-order valence-corrected chi connectivity index (χ3v) is 5.15. The lowest BCUT2D eigenvalue weighted by Crippen LogP contribution is -2.63. The summed E-state index contributed by atoms with van der Waals surface area (Å²) in [6.07, 6.45) is 0. The van der Waals surface area contributed by atoms with Gasteiger partial charge in [-0.3, -0.25) is 4.79 Å². The maximum absolute atomic E-state index is 12.5. The number of ether oxygens (including phenoxy) is 3. The Morgan fingerprint density at radius 1 is 0.897 bits per heavy atom. The summed E-state index contributed by atoms with van der Waals surface area (Å²) in [5.41, 5.74) is -1.09. The van der Waals surface area contributed by atoms with Crippen molar-refractivity contribution in [1.82, 2.24) is 5.32 Å². The topological polar surface area (TPSA) is 90.9 Å². The molecule has 2 aromatic rings. The zero-order chi connectivity index (χ0) is 21.1. The maximum atomic E-state index is 12.5. The fourth-order valence-electron chi connectivity index (χ4n) is 2.51. The van der Waals surface area contributed by atoms with Gasteiger partial charge in [0.2, 0.25) is 11.4 Å². The number of methoxy groups -OCH3 is 2. The number of esters is 2. The smallest absolute Gasteiger partial charge is 0.344 e. The first kappa shape index (κ1) is 22.4. The second-order valence-corrected chi connectivity index (χ2v) is 7.07. The zero-order valence-electron chi connectivity index (χ0n) is 16.3. The molecule has 0 aliphatic rings. The van der Waals surface area contributed by atoms with Crippen LogP contribution in [0, 0.1) is 0 Å². The zero-order valence-corrected chi connectivity index (χ0v) is 17.1. The molecule has 8 heteroatoms. The average molecular weight is 417 g/mol. The van der Waals surface area contributed by atoms with Gasteiger partial charge < -0.3 is 19.5 Å². The van der Waals surface area contributed by atoms with Crippen molar-refractivity contribution in [2.24, 2.45) is 0 Å². The minimum absolute atomic E-state index is 0.0964. The lowest BCUT2D eigenvalue weighted by Gasteiger charge is -2.28. The van der Waals surface area contributed by atoms with Crippen molar-refractivity contribution in [3.05, 3.63) is 66.2 Å². The van der Waals surface area contributed by atoms with Crippen molar-refractivity contribution in [3.63, 3.8) is 0 Å². The van der Waals surface area contributed by atoms with Crippen LogP contribution in [0.1, 0.15) is 5.56 Å². The molecular weight excluding hydrogens is 394 g/mol. The molecule has 0 heterocycles. The van der Waals surface area contributed by atoms with Crippen LogP contribution in [-0.2, 0) is 35.2 Å². The molecule has 1 amide bonds. The Bertz CT molecular complexity index is 796. The first-order valence-electron chi connectivity index (χ1n) is 8.79. The summed E-state index contributed by atoms with van der Waals surface area (Å²) in [6, 6.07) is 18.5. The number of nitrogens with one attached hydrogen (secondary N) is 1. The highest BCUT2D eigenvalue weighted by atomic mass is 32.2. The normalized spacial score (nSPS) is 10.8. The Morgan fingerprint density at radius 3 is 2.00 bits per heavy atom. The van der Waals surface area contributed by atoms with Crippen molar-refractivity contribution >= 4 is 29.6 Å². The van der Waals surface area contributed by atoms with Gasteiger partial charge in [-0.2, -0.15) is 0 Å². The molecule has 2 aromatic carbocycles. The summed E-state index contributed by atoms with van der Waals surface area (Å²) in [4.78, 5) is 38.2. The Kier molecular flexibility index (Phi) is 8.69. The van der Waals surface area contributed by atoms with Gasteiger partial charge in [0.25, 0.3) is 0 Å². The molecule has 7 nitrogen and oxygen atoms in total. The summed E-state index contributed by atoms with van der Waals surface area (Å²) in [6.45, 7) is -0.114. The molecule has 0 atom stereocenters. The highest BCUT2D eigenvalue weighted by Gasteiger charge is 2.50. The molecule has 0 radical (unpaired) electrons. The third kappa shape index (κ3) is 6.33. The number of carbonyl (C=O) groups excluding carboxylic acids is 3. The van der Waals surface area contributed by atoms with E-state index < -0.39 is 23.4 Å². The SMILES string of the molecule is COC(=O)C(CSc1ccccc1)(NC(=O)COCc1ccccc1)C(=O)OC. The number of amides is 1. The fraction of sp³-hybridized carbons (Fsp3) is 0.286. The van der Waals surface area contributed by atoms with E-state index >= 15 is 0 Å². The minimum Gasteiger partial charge on any atom is -0.467 e. The summed E-state index contributed by atoms with van der Waals surface area (Å²) in [7, 11) is 2.29. The molecule has 0 unspecified atom stereocenters. The predicted molar refractivity (Wildman–Crippen MR) is 108 cm³/mol. The second-order valence-electron chi connectivity index (χ2n) is 6.02. The summed E-state index contributed by atoms with van der Waals surface area (Å²) in [5.74, 6) is -2.56. The van der Waals surface area contributed by atoms with E-state index in [0.29, 0.717) is 0 Å². The van der Waals surface area contributed by atoms with Crippen molar-refractivity contribution in [2.75, 3.05) is 26.6 Å². The minimum atomic E-state index is -1.99. The molecule has 0 aliphatic carbocycles. The van der Waals surface area contributed by atoms with Crippen molar-refractivity contribution in [2.45, 2.75) is 17.0 Å². The Balaban J connectivity index is 2.09. The van der Waals surface area contributed by atoms with Crippen molar-refractivity contribution < 1.29 is 28.6 Å². The van der Waals surface area contributed by atoms with Gasteiger partial charge in [-0.05, 0) is 17.7 Å². The van der Waals surface area contributed by atoms with Gasteiger partial charge in [-0.1, -0.05) is 48.5 Å². The number of hydrogen-bond acceptors (Lipinski definition) is 7. The van der Waals surface area contributed by atoms with E-state index in [4.69, 9.17) is 14.2 Å². The molecule has 0 saturated heterocycles. The molecule has 2 rings (SSSR count). The molecule has 154 valence electrons. The summed E-state index contributed by atoms with van der Waals surface area (Å²) < 4.78 is 15.0. The van der Waals surface area contributed by atoms with E-state index in [9.17, 15) is 14.4 Å². The predicted octanol–water partition coefficient (Wildman–Crippen LogP) is 2.20. The second kappa shape index (κ2) is 11.2. The number of rotatable bonds is 10. The first-order valence-corrected chi connectivity index (χ1v) is 9.77. The number of carbonyl (C=O) groups is 3. The van der Waals surface area contributed by atoms with Crippen LogP contribution in [0.25, 0.3) is 0 Å². The standard InChI is InChI=1S/C21H23NO6S/c1-26-19(24)21(20(25)27-2,15-29-17-11-7-4-8-12-17)22-18(23)14-28-13-16-9-5-3-6-10-16/h3-12H,13-15H2,1-2H3,(H,22,23). The third-order valence-electron chi connectivity index (χ3n) is 3.96. The Labute approximate surface area is 173 Å². The van der Waals surface area contributed by atoms with Gasteiger partial charge in [0, 0.05) is 10.6 Å². The lowest BCUT2D eigenvalue weighted by molar-refractivity contribution is -0.164. The number of hydrogen-bond donors (Lipinski definition) is 1. The van der Waals surface area contributed by atoms with E-state index in [2.05, 4.69) is 5.32 Å². The van der Waals surface area contributed by atoms with Crippen LogP contribution in [0.5, 0.6) is 0 Å². The molecule has 0 spiro atoms. The highest BCUT2D eigenvalue weighted by molar-refractivity contribution is 7.99. The molecule has 29 heavy (non-hydrogen) atoms.